The van der Waals surface area contributed by atoms with E-state index in [0.717, 1.165) is 5.56 Å². The molecule has 0 spiro atoms. The molecule has 1 fully saturated rings. The van der Waals surface area contributed by atoms with Gasteiger partial charge in [-0.1, -0.05) is 11.6 Å². The van der Waals surface area contributed by atoms with E-state index in [2.05, 4.69) is 0 Å². The van der Waals surface area contributed by atoms with Gasteiger partial charge in [-0.05, 0) is 37.6 Å². The molecule has 0 bridgehead atoms. The molecule has 2 rings (SSSR count). The molecule has 1 aromatic carbocycles. The van der Waals surface area contributed by atoms with E-state index in [-0.39, 0.29) is 11.3 Å². The minimum absolute atomic E-state index is 0.145. The second kappa shape index (κ2) is 5.43. The highest BCUT2D eigenvalue weighted by molar-refractivity contribution is 8.00. The minimum Gasteiger partial charge on any atom is -0.480 e. The van der Waals surface area contributed by atoms with E-state index >= 15 is 0 Å². The Bertz CT molecular complexity index is 514. The zero-order chi connectivity index (χ0) is 14.2. The van der Waals surface area contributed by atoms with Gasteiger partial charge in [-0.25, -0.2) is 4.79 Å². The van der Waals surface area contributed by atoms with Gasteiger partial charge < -0.3 is 10.0 Å². The van der Waals surface area contributed by atoms with Crippen LogP contribution in [0.5, 0.6) is 0 Å². The number of thioether (sulfide) groups is 1. The van der Waals surface area contributed by atoms with Crippen LogP contribution in [-0.4, -0.2) is 39.1 Å². The van der Waals surface area contributed by atoms with E-state index in [0.29, 0.717) is 16.3 Å². The van der Waals surface area contributed by atoms with Crippen molar-refractivity contribution in [2.24, 2.45) is 0 Å². The zero-order valence-electron chi connectivity index (χ0n) is 10.6. The summed E-state index contributed by atoms with van der Waals surface area (Å²) in [6.07, 6.45) is 0. The van der Waals surface area contributed by atoms with Gasteiger partial charge in [0, 0.05) is 16.3 Å². The summed E-state index contributed by atoms with van der Waals surface area (Å²) in [5.41, 5.74) is 1.31. The predicted molar refractivity (Wildman–Crippen MR) is 75.7 cm³/mol. The summed E-state index contributed by atoms with van der Waals surface area (Å²) >= 11 is 7.41. The molecule has 1 aromatic rings. The minimum atomic E-state index is -0.969. The van der Waals surface area contributed by atoms with Crippen LogP contribution >= 0.6 is 23.4 Å². The number of rotatable bonds is 2. The third-order valence-electron chi connectivity index (χ3n) is 3.03. The molecule has 1 aliphatic rings. The summed E-state index contributed by atoms with van der Waals surface area (Å²) in [6.45, 7) is 3.68. The first-order chi connectivity index (χ1) is 8.90. The van der Waals surface area contributed by atoms with Gasteiger partial charge in [0.25, 0.3) is 5.91 Å². The zero-order valence-corrected chi connectivity index (χ0v) is 12.2. The molecular weight excluding hydrogens is 286 g/mol. The first-order valence-electron chi connectivity index (χ1n) is 5.84. The van der Waals surface area contributed by atoms with Gasteiger partial charge in [-0.15, -0.1) is 11.8 Å². The lowest BCUT2D eigenvalue weighted by molar-refractivity contribution is -0.141. The van der Waals surface area contributed by atoms with Crippen molar-refractivity contribution in [3.63, 3.8) is 0 Å². The van der Waals surface area contributed by atoms with Crippen LogP contribution in [0.25, 0.3) is 0 Å². The van der Waals surface area contributed by atoms with Gasteiger partial charge in [0.2, 0.25) is 0 Å². The average molecular weight is 300 g/mol. The van der Waals surface area contributed by atoms with E-state index in [4.69, 9.17) is 11.6 Å². The molecular formula is C13H14ClNO3S. The lowest BCUT2D eigenvalue weighted by Crippen LogP contribution is -2.44. The highest BCUT2D eigenvalue weighted by atomic mass is 35.5. The number of aliphatic carboxylic acids is 1. The molecule has 2 atom stereocenters. The summed E-state index contributed by atoms with van der Waals surface area (Å²) < 4.78 is 0. The molecule has 0 aromatic heterocycles. The average Bonchev–Trinajstić information content (AvgIpc) is 2.69. The van der Waals surface area contributed by atoms with E-state index in [1.165, 1.54) is 16.7 Å². The highest BCUT2D eigenvalue weighted by Gasteiger charge is 2.39. The number of amides is 1. The Kier molecular flexibility index (Phi) is 4.06. The summed E-state index contributed by atoms with van der Waals surface area (Å²) in [4.78, 5) is 25.1. The molecule has 0 radical (unpaired) electrons. The number of carbonyl (C=O) groups excluding carboxylic acids is 1. The Morgan fingerprint density at radius 1 is 1.42 bits per heavy atom. The maximum absolute atomic E-state index is 12.5. The third kappa shape index (κ3) is 2.87. The molecule has 0 aliphatic carbocycles. The predicted octanol–water partition coefficient (Wildman–Crippen LogP) is 2.64. The van der Waals surface area contributed by atoms with Crippen molar-refractivity contribution in [3.05, 3.63) is 34.3 Å². The second-order valence-corrected chi connectivity index (χ2v) is 6.30. The second-order valence-electron chi connectivity index (χ2n) is 4.52. The molecule has 102 valence electrons. The molecule has 4 nitrogen and oxygen atoms in total. The topological polar surface area (TPSA) is 57.6 Å². The number of nitrogens with zero attached hydrogens (tertiary/aromatic N) is 1. The molecule has 1 saturated heterocycles. The van der Waals surface area contributed by atoms with Crippen molar-refractivity contribution in [3.8, 4) is 0 Å². The van der Waals surface area contributed by atoms with Crippen LogP contribution in [0, 0.1) is 6.92 Å². The molecule has 19 heavy (non-hydrogen) atoms. The summed E-state index contributed by atoms with van der Waals surface area (Å²) in [7, 11) is 0. The van der Waals surface area contributed by atoms with E-state index < -0.39 is 12.0 Å². The Balaban J connectivity index is 2.34. The summed E-state index contributed by atoms with van der Waals surface area (Å²) in [5.74, 6) is -0.832. The number of halogens is 1. The van der Waals surface area contributed by atoms with Crippen LogP contribution in [0.2, 0.25) is 5.02 Å². The third-order valence-corrected chi connectivity index (χ3v) is 4.47. The van der Waals surface area contributed by atoms with Crippen LogP contribution in [0.3, 0.4) is 0 Å². The monoisotopic (exact) mass is 299 g/mol. The number of carboxylic acids is 1. The van der Waals surface area contributed by atoms with Crippen molar-refractivity contribution in [1.82, 2.24) is 4.90 Å². The maximum Gasteiger partial charge on any atom is 0.327 e. The molecule has 1 N–H and O–H groups in total. The first kappa shape index (κ1) is 14.2. The van der Waals surface area contributed by atoms with Crippen LogP contribution in [0.15, 0.2) is 18.2 Å². The van der Waals surface area contributed by atoms with Gasteiger partial charge >= 0.3 is 5.97 Å². The fourth-order valence-electron chi connectivity index (χ4n) is 2.15. The molecule has 1 heterocycles. The lowest BCUT2D eigenvalue weighted by Gasteiger charge is -2.25. The van der Waals surface area contributed by atoms with Crippen LogP contribution in [0.4, 0.5) is 0 Å². The molecule has 6 heteroatoms. The van der Waals surface area contributed by atoms with Crippen molar-refractivity contribution in [2.75, 3.05) is 5.75 Å². The van der Waals surface area contributed by atoms with E-state index in [1.54, 1.807) is 18.2 Å². The molecule has 1 aliphatic heterocycles. The van der Waals surface area contributed by atoms with Crippen molar-refractivity contribution < 1.29 is 14.7 Å². The number of carbonyl (C=O) groups is 2. The SMILES string of the molecule is Cc1cc(Cl)cc(C(=O)N2C(C)SCC2C(=O)O)c1. The van der Waals surface area contributed by atoms with Crippen molar-refractivity contribution >= 4 is 35.2 Å². The molecule has 0 saturated carbocycles. The molecule has 1 amide bonds. The molecule has 2 unspecified atom stereocenters. The van der Waals surface area contributed by atoms with Gasteiger partial charge in [0.1, 0.15) is 6.04 Å². The number of aryl methyl sites for hydroxylation is 1. The highest BCUT2D eigenvalue weighted by Crippen LogP contribution is 2.31. The Morgan fingerprint density at radius 2 is 2.11 bits per heavy atom. The fraction of sp³-hybridized carbons (Fsp3) is 0.385. The van der Waals surface area contributed by atoms with Gasteiger partial charge in [-0.2, -0.15) is 0 Å². The summed E-state index contributed by atoms with van der Waals surface area (Å²) in [5, 5.41) is 9.51. The smallest absolute Gasteiger partial charge is 0.327 e. The quantitative estimate of drug-likeness (QED) is 0.912. The number of carboxylic acid groups (broad SMARTS) is 1. The largest absolute Gasteiger partial charge is 0.480 e. The lowest BCUT2D eigenvalue weighted by atomic mass is 10.1. The van der Waals surface area contributed by atoms with Crippen molar-refractivity contribution in [1.29, 1.82) is 0 Å². The Labute approximate surface area is 120 Å². The van der Waals surface area contributed by atoms with Crippen LogP contribution < -0.4 is 0 Å². The normalized spacial score (nSPS) is 22.6. The Hall–Kier alpha value is -1.20. The maximum atomic E-state index is 12.5. The fourth-order valence-corrected chi connectivity index (χ4v) is 3.61. The van der Waals surface area contributed by atoms with Crippen LogP contribution in [0.1, 0.15) is 22.8 Å². The van der Waals surface area contributed by atoms with Crippen LogP contribution in [-0.2, 0) is 4.79 Å². The van der Waals surface area contributed by atoms with E-state index in [1.807, 2.05) is 13.8 Å². The summed E-state index contributed by atoms with van der Waals surface area (Å²) in [6, 6.07) is 4.29. The number of benzene rings is 1. The van der Waals surface area contributed by atoms with Crippen molar-refractivity contribution in [2.45, 2.75) is 25.3 Å². The van der Waals surface area contributed by atoms with Gasteiger partial charge in [-0.3, -0.25) is 4.79 Å². The van der Waals surface area contributed by atoms with Gasteiger partial charge in [0.05, 0.1) is 5.37 Å². The number of hydrogen-bond acceptors (Lipinski definition) is 3. The number of hydrogen-bond donors (Lipinski definition) is 1. The van der Waals surface area contributed by atoms with Gasteiger partial charge in [0.15, 0.2) is 0 Å². The standard InChI is InChI=1S/C13H14ClNO3S/c1-7-3-9(5-10(14)4-7)12(16)15-8(2)19-6-11(15)13(17)18/h3-5,8,11H,6H2,1-2H3,(H,17,18). The Morgan fingerprint density at radius 3 is 2.68 bits per heavy atom. The first-order valence-corrected chi connectivity index (χ1v) is 7.27. The van der Waals surface area contributed by atoms with E-state index in [9.17, 15) is 14.7 Å².